The van der Waals surface area contributed by atoms with Crippen LogP contribution in [0.15, 0.2) is 16.1 Å². The van der Waals surface area contributed by atoms with Gasteiger partial charge in [0, 0.05) is 6.92 Å². The molecule has 0 aliphatic heterocycles. The molecule has 3 rings (SSSR count). The Kier molecular flexibility index (Phi) is 1.84. The lowest BCUT2D eigenvalue weighted by molar-refractivity contribution is 0.408. The van der Waals surface area contributed by atoms with Crippen molar-refractivity contribution in [3.05, 3.63) is 28.7 Å². The first-order valence-electron chi connectivity index (χ1n) is 5.33. The Balaban J connectivity index is 2.38. The normalized spacial score (nSPS) is 14.1. The summed E-state index contributed by atoms with van der Waals surface area (Å²) >= 11 is 0. The fraction of sp³-hybridized carbons (Fsp3) is 0.308. The van der Waals surface area contributed by atoms with Gasteiger partial charge < -0.3 is 9.15 Å². The molecule has 0 unspecified atom stereocenters. The van der Waals surface area contributed by atoms with E-state index < -0.39 is 0 Å². The number of methoxy groups -OCH3 is 1. The summed E-state index contributed by atoms with van der Waals surface area (Å²) in [4.78, 5) is 4.45. The maximum Gasteiger partial charge on any atom is 0.196 e. The standard InChI is InChI=1S/C13H13NO2/c1-7-4-9-6-11(15-3)13-12(10(9)5-7)14-8(2)16-13/h4,6H,5H2,1-3H3. The van der Waals surface area contributed by atoms with Crippen LogP contribution >= 0.6 is 0 Å². The first-order valence-corrected chi connectivity index (χ1v) is 5.33. The molecule has 0 radical (unpaired) electrons. The van der Waals surface area contributed by atoms with Crippen molar-refractivity contribution in [2.24, 2.45) is 0 Å². The average Bonchev–Trinajstić information content (AvgIpc) is 2.78. The molecule has 16 heavy (non-hydrogen) atoms. The van der Waals surface area contributed by atoms with Crippen LogP contribution in [0.2, 0.25) is 0 Å². The predicted octanol–water partition coefficient (Wildman–Crippen LogP) is 3.10. The fourth-order valence-corrected chi connectivity index (χ4v) is 2.29. The fourth-order valence-electron chi connectivity index (χ4n) is 2.29. The van der Waals surface area contributed by atoms with Crippen LogP contribution in [-0.4, -0.2) is 12.1 Å². The molecule has 0 spiro atoms. The Labute approximate surface area is 93.7 Å². The number of aryl methyl sites for hydroxylation is 1. The van der Waals surface area contributed by atoms with E-state index in [1.807, 2.05) is 13.0 Å². The monoisotopic (exact) mass is 215 g/mol. The highest BCUT2D eigenvalue weighted by atomic mass is 16.5. The molecular formula is C13H13NO2. The van der Waals surface area contributed by atoms with E-state index in [0.717, 1.165) is 23.3 Å². The Morgan fingerprint density at radius 2 is 2.19 bits per heavy atom. The second kappa shape index (κ2) is 3.11. The summed E-state index contributed by atoms with van der Waals surface area (Å²) in [6.45, 7) is 3.99. The molecule has 82 valence electrons. The number of oxazole rings is 1. The number of nitrogens with zero attached hydrogens (tertiary/aromatic N) is 1. The van der Waals surface area contributed by atoms with Crippen LogP contribution in [-0.2, 0) is 6.42 Å². The van der Waals surface area contributed by atoms with E-state index >= 15 is 0 Å². The number of ether oxygens (including phenoxy) is 1. The number of hydrogen-bond acceptors (Lipinski definition) is 3. The van der Waals surface area contributed by atoms with Gasteiger partial charge in [-0.25, -0.2) is 4.98 Å². The zero-order valence-electron chi connectivity index (χ0n) is 9.63. The Morgan fingerprint density at radius 3 is 2.94 bits per heavy atom. The summed E-state index contributed by atoms with van der Waals surface area (Å²) in [5, 5.41) is 0. The minimum atomic E-state index is 0.686. The van der Waals surface area contributed by atoms with E-state index in [1.54, 1.807) is 7.11 Å². The molecule has 2 aromatic rings. The molecular weight excluding hydrogens is 202 g/mol. The van der Waals surface area contributed by atoms with Gasteiger partial charge in [-0.05, 0) is 30.5 Å². The quantitative estimate of drug-likeness (QED) is 0.733. The number of rotatable bonds is 1. The van der Waals surface area contributed by atoms with Crippen LogP contribution < -0.4 is 4.74 Å². The van der Waals surface area contributed by atoms with Gasteiger partial charge in [0.05, 0.1) is 7.11 Å². The third-order valence-electron chi connectivity index (χ3n) is 2.96. The largest absolute Gasteiger partial charge is 0.493 e. The maximum absolute atomic E-state index is 5.59. The molecule has 0 saturated carbocycles. The number of benzene rings is 1. The number of fused-ring (bicyclic) bond motifs is 3. The van der Waals surface area contributed by atoms with Crippen molar-refractivity contribution in [2.45, 2.75) is 20.3 Å². The summed E-state index contributed by atoms with van der Waals surface area (Å²) in [7, 11) is 1.66. The van der Waals surface area contributed by atoms with Gasteiger partial charge in [-0.1, -0.05) is 11.6 Å². The molecule has 1 aromatic heterocycles. The lowest BCUT2D eigenvalue weighted by Crippen LogP contribution is -1.90. The molecule has 0 amide bonds. The third kappa shape index (κ3) is 1.18. The highest BCUT2D eigenvalue weighted by Gasteiger charge is 2.20. The van der Waals surface area contributed by atoms with Crippen LogP contribution in [0.25, 0.3) is 17.2 Å². The van der Waals surface area contributed by atoms with Crippen molar-refractivity contribution in [2.75, 3.05) is 7.11 Å². The topological polar surface area (TPSA) is 35.3 Å². The third-order valence-corrected chi connectivity index (χ3v) is 2.96. The molecule has 0 N–H and O–H groups in total. The van der Waals surface area contributed by atoms with Crippen molar-refractivity contribution in [3.8, 4) is 5.75 Å². The van der Waals surface area contributed by atoms with Gasteiger partial charge in [-0.3, -0.25) is 0 Å². The van der Waals surface area contributed by atoms with Gasteiger partial charge in [0.2, 0.25) is 0 Å². The van der Waals surface area contributed by atoms with Crippen molar-refractivity contribution >= 4 is 17.2 Å². The maximum atomic E-state index is 5.59. The van der Waals surface area contributed by atoms with E-state index in [9.17, 15) is 0 Å². The van der Waals surface area contributed by atoms with Crippen LogP contribution in [0.4, 0.5) is 0 Å². The van der Waals surface area contributed by atoms with E-state index in [2.05, 4.69) is 18.0 Å². The summed E-state index contributed by atoms with van der Waals surface area (Å²) in [6.07, 6.45) is 3.14. The van der Waals surface area contributed by atoms with E-state index in [1.165, 1.54) is 16.7 Å². The first kappa shape index (κ1) is 9.46. The SMILES string of the molecule is COc1cc2c(c3nc(C)oc13)CC(C)=C2. The molecule has 0 saturated heterocycles. The van der Waals surface area contributed by atoms with Crippen LogP contribution in [0.3, 0.4) is 0 Å². The second-order valence-electron chi connectivity index (χ2n) is 4.22. The van der Waals surface area contributed by atoms with Gasteiger partial charge in [0.1, 0.15) is 5.52 Å². The molecule has 1 aliphatic rings. The van der Waals surface area contributed by atoms with Crippen molar-refractivity contribution in [3.63, 3.8) is 0 Å². The second-order valence-corrected chi connectivity index (χ2v) is 4.22. The Hall–Kier alpha value is -1.77. The molecule has 0 bridgehead atoms. The molecule has 0 fully saturated rings. The van der Waals surface area contributed by atoms with Gasteiger partial charge in [0.15, 0.2) is 17.2 Å². The van der Waals surface area contributed by atoms with Gasteiger partial charge in [-0.2, -0.15) is 0 Å². The lowest BCUT2D eigenvalue weighted by Gasteiger charge is -2.04. The number of allylic oxidation sites excluding steroid dienone is 1. The Bertz CT molecular complexity index is 608. The molecule has 1 heterocycles. The highest BCUT2D eigenvalue weighted by Crippen LogP contribution is 2.37. The Morgan fingerprint density at radius 1 is 1.38 bits per heavy atom. The van der Waals surface area contributed by atoms with Gasteiger partial charge in [-0.15, -0.1) is 0 Å². The highest BCUT2D eigenvalue weighted by molar-refractivity contribution is 5.89. The van der Waals surface area contributed by atoms with Crippen LogP contribution in [0, 0.1) is 6.92 Å². The predicted molar refractivity (Wildman–Crippen MR) is 62.7 cm³/mol. The van der Waals surface area contributed by atoms with Gasteiger partial charge >= 0.3 is 0 Å². The molecule has 3 nitrogen and oxygen atoms in total. The lowest BCUT2D eigenvalue weighted by atomic mass is 10.1. The summed E-state index contributed by atoms with van der Waals surface area (Å²) < 4.78 is 10.9. The van der Waals surface area contributed by atoms with Crippen LogP contribution in [0.1, 0.15) is 23.9 Å². The smallest absolute Gasteiger partial charge is 0.196 e. The van der Waals surface area contributed by atoms with Crippen molar-refractivity contribution < 1.29 is 9.15 Å². The average molecular weight is 215 g/mol. The summed E-state index contributed by atoms with van der Waals surface area (Å²) in [5.41, 5.74) is 5.52. The molecule has 0 atom stereocenters. The van der Waals surface area contributed by atoms with Gasteiger partial charge in [0.25, 0.3) is 0 Å². The minimum Gasteiger partial charge on any atom is -0.493 e. The molecule has 1 aliphatic carbocycles. The molecule has 3 heteroatoms. The van der Waals surface area contributed by atoms with E-state index in [4.69, 9.17) is 9.15 Å². The van der Waals surface area contributed by atoms with Crippen molar-refractivity contribution in [1.82, 2.24) is 4.98 Å². The zero-order chi connectivity index (χ0) is 11.3. The van der Waals surface area contributed by atoms with Crippen molar-refractivity contribution in [1.29, 1.82) is 0 Å². The number of aromatic nitrogens is 1. The number of hydrogen-bond donors (Lipinski definition) is 0. The summed E-state index contributed by atoms with van der Waals surface area (Å²) in [6, 6.07) is 2.03. The van der Waals surface area contributed by atoms with E-state index in [-0.39, 0.29) is 0 Å². The molecule has 1 aromatic carbocycles. The zero-order valence-corrected chi connectivity index (χ0v) is 9.63. The first-order chi connectivity index (χ1) is 7.69. The summed E-state index contributed by atoms with van der Waals surface area (Å²) in [5.74, 6) is 1.45. The van der Waals surface area contributed by atoms with E-state index in [0.29, 0.717) is 5.89 Å². The minimum absolute atomic E-state index is 0.686. The van der Waals surface area contributed by atoms with Crippen LogP contribution in [0.5, 0.6) is 5.75 Å².